The summed E-state index contributed by atoms with van der Waals surface area (Å²) in [6, 6.07) is 4.47. The van der Waals surface area contributed by atoms with E-state index >= 15 is 0 Å². The molecule has 1 rings (SSSR count). The second-order valence-electron chi connectivity index (χ2n) is 4.40. The van der Waals surface area contributed by atoms with Gasteiger partial charge in [0, 0.05) is 5.41 Å². The molecule has 0 bridgehead atoms. The summed E-state index contributed by atoms with van der Waals surface area (Å²) < 4.78 is 17.7. The van der Waals surface area contributed by atoms with Crippen molar-refractivity contribution in [2.75, 3.05) is 6.61 Å². The molecule has 0 fully saturated rings. The summed E-state index contributed by atoms with van der Waals surface area (Å²) in [7, 11) is 0. The van der Waals surface area contributed by atoms with Gasteiger partial charge in [-0.2, -0.15) is 0 Å². The smallest absolute Gasteiger partial charge is 0.450 e. The molecule has 4 heteroatoms. The lowest BCUT2D eigenvalue weighted by atomic mass is 9.83. The highest BCUT2D eigenvalue weighted by Crippen LogP contribution is 2.27. The van der Waals surface area contributed by atoms with Crippen molar-refractivity contribution in [2.24, 2.45) is 0 Å². The van der Waals surface area contributed by atoms with Gasteiger partial charge in [0.1, 0.15) is 12.4 Å². The first-order chi connectivity index (χ1) is 7.33. The normalized spacial score (nSPS) is 11.2. The molecule has 0 aromatic heterocycles. The van der Waals surface area contributed by atoms with E-state index < -0.39 is 11.6 Å². The summed E-state index contributed by atoms with van der Waals surface area (Å²) in [5.41, 5.74) is 1.14. The lowest BCUT2D eigenvalue weighted by molar-refractivity contribution is 0.0743. The minimum atomic E-state index is -1.32. The Morgan fingerprint density at radius 1 is 1.50 bits per heavy atom. The molecule has 0 aliphatic rings. The van der Waals surface area contributed by atoms with Crippen LogP contribution in [-0.2, 0) is 10.2 Å². The third kappa shape index (κ3) is 2.95. The maximum absolute atomic E-state index is 13.1. The van der Waals surface area contributed by atoms with Crippen LogP contribution in [-0.4, -0.2) is 17.9 Å². The molecule has 16 heavy (non-hydrogen) atoms. The third-order valence-corrected chi connectivity index (χ3v) is 2.49. The van der Waals surface area contributed by atoms with Gasteiger partial charge in [0.2, 0.25) is 0 Å². The van der Waals surface area contributed by atoms with Crippen molar-refractivity contribution in [3.63, 3.8) is 0 Å². The van der Waals surface area contributed by atoms with E-state index in [1.807, 2.05) is 20.8 Å². The fourth-order valence-corrected chi connectivity index (χ4v) is 1.64. The number of aryl methyl sites for hydroxylation is 1. The molecule has 0 aliphatic carbocycles. The van der Waals surface area contributed by atoms with Gasteiger partial charge in [-0.15, -0.1) is 0 Å². The predicted molar refractivity (Wildman–Crippen MR) is 58.1 cm³/mol. The van der Waals surface area contributed by atoms with Gasteiger partial charge in [-0.25, -0.2) is 9.18 Å². The van der Waals surface area contributed by atoms with Crippen LogP contribution in [0.5, 0.6) is 0 Å². The van der Waals surface area contributed by atoms with Crippen LogP contribution < -0.4 is 0 Å². The number of benzene rings is 1. The summed E-state index contributed by atoms with van der Waals surface area (Å²) in [5.74, 6) is -0.330. The second kappa shape index (κ2) is 4.51. The van der Waals surface area contributed by atoms with Crippen LogP contribution in [0, 0.1) is 12.7 Å². The van der Waals surface area contributed by atoms with Gasteiger partial charge in [0.15, 0.2) is 0 Å². The first kappa shape index (κ1) is 12.5. The van der Waals surface area contributed by atoms with Crippen LogP contribution in [0.25, 0.3) is 0 Å². The number of carboxylic acid groups (broad SMARTS) is 1. The van der Waals surface area contributed by atoms with E-state index in [-0.39, 0.29) is 12.4 Å². The molecule has 0 amide bonds. The van der Waals surface area contributed by atoms with Gasteiger partial charge in [-0.05, 0) is 30.2 Å². The average molecular weight is 226 g/mol. The zero-order valence-electron chi connectivity index (χ0n) is 9.58. The molecule has 0 aliphatic heterocycles. The third-order valence-electron chi connectivity index (χ3n) is 2.49. The number of carbonyl (C=O) groups is 1. The van der Waals surface area contributed by atoms with E-state index in [4.69, 9.17) is 5.11 Å². The molecule has 0 radical (unpaired) electrons. The van der Waals surface area contributed by atoms with Crippen molar-refractivity contribution < 1.29 is 19.0 Å². The highest BCUT2D eigenvalue weighted by molar-refractivity contribution is 5.57. The summed E-state index contributed by atoms with van der Waals surface area (Å²) in [5, 5.41) is 8.45. The first-order valence-electron chi connectivity index (χ1n) is 4.95. The second-order valence-corrected chi connectivity index (χ2v) is 4.40. The van der Waals surface area contributed by atoms with Crippen molar-refractivity contribution in [1.82, 2.24) is 0 Å². The Kier molecular flexibility index (Phi) is 3.52. The van der Waals surface area contributed by atoms with Crippen molar-refractivity contribution in [1.29, 1.82) is 0 Å². The maximum atomic E-state index is 13.1. The number of hydrogen-bond acceptors (Lipinski definition) is 2. The van der Waals surface area contributed by atoms with E-state index in [2.05, 4.69) is 4.74 Å². The fourth-order valence-electron chi connectivity index (χ4n) is 1.64. The molecule has 0 spiro atoms. The Balaban J connectivity index is 2.96. The van der Waals surface area contributed by atoms with Crippen molar-refractivity contribution in [3.8, 4) is 0 Å². The van der Waals surface area contributed by atoms with Gasteiger partial charge in [0.05, 0.1) is 0 Å². The molecule has 0 heterocycles. The van der Waals surface area contributed by atoms with Crippen molar-refractivity contribution in [3.05, 3.63) is 35.1 Å². The monoisotopic (exact) mass is 226 g/mol. The largest absolute Gasteiger partial charge is 0.505 e. The summed E-state index contributed by atoms with van der Waals surface area (Å²) >= 11 is 0. The van der Waals surface area contributed by atoms with Crippen LogP contribution in [0.2, 0.25) is 0 Å². The van der Waals surface area contributed by atoms with Gasteiger partial charge >= 0.3 is 6.16 Å². The number of ether oxygens (including phenoxy) is 1. The van der Waals surface area contributed by atoms with Crippen LogP contribution in [0.3, 0.4) is 0 Å². The molecular formula is C12H15FO3. The Hall–Kier alpha value is -1.58. The van der Waals surface area contributed by atoms with E-state index in [1.54, 1.807) is 6.07 Å². The molecule has 1 N–H and O–H groups in total. The molecular weight excluding hydrogens is 211 g/mol. The first-order valence-corrected chi connectivity index (χ1v) is 4.95. The molecule has 1 aromatic rings. The van der Waals surface area contributed by atoms with Gasteiger partial charge < -0.3 is 9.84 Å². The topological polar surface area (TPSA) is 46.5 Å². The van der Waals surface area contributed by atoms with Gasteiger partial charge in [-0.3, -0.25) is 0 Å². The molecule has 1 aromatic carbocycles. The van der Waals surface area contributed by atoms with E-state index in [0.29, 0.717) is 0 Å². The predicted octanol–water partition coefficient (Wildman–Crippen LogP) is 3.11. The lowest BCUT2D eigenvalue weighted by Gasteiger charge is -2.25. The minimum Gasteiger partial charge on any atom is -0.450 e. The Morgan fingerprint density at radius 2 is 2.12 bits per heavy atom. The number of rotatable bonds is 3. The molecule has 0 saturated heterocycles. The summed E-state index contributed by atoms with van der Waals surface area (Å²) in [6.45, 7) is 5.50. The van der Waals surface area contributed by atoms with Crippen LogP contribution in [0.15, 0.2) is 18.2 Å². The maximum Gasteiger partial charge on any atom is 0.505 e. The Bertz CT molecular complexity index is 399. The zero-order chi connectivity index (χ0) is 12.3. The van der Waals surface area contributed by atoms with Crippen molar-refractivity contribution >= 4 is 6.16 Å². The van der Waals surface area contributed by atoms with E-state index in [1.165, 1.54) is 12.1 Å². The summed E-state index contributed by atoms with van der Waals surface area (Å²) in [4.78, 5) is 10.3. The van der Waals surface area contributed by atoms with Crippen molar-refractivity contribution in [2.45, 2.75) is 26.2 Å². The quantitative estimate of drug-likeness (QED) is 0.805. The molecule has 0 atom stereocenters. The molecule has 0 unspecified atom stereocenters. The standard InChI is InChI=1S/C12H15FO3/c1-8-4-5-9(13)6-10(8)12(2,3)7-16-11(14)15/h4-6H,7H2,1-3H3,(H,14,15). The molecule has 88 valence electrons. The van der Waals surface area contributed by atoms with Crippen LogP contribution >= 0.6 is 0 Å². The SMILES string of the molecule is Cc1ccc(F)cc1C(C)(C)COC(=O)O. The fraction of sp³-hybridized carbons (Fsp3) is 0.417. The lowest BCUT2D eigenvalue weighted by Crippen LogP contribution is -2.27. The number of hydrogen-bond donors (Lipinski definition) is 1. The van der Waals surface area contributed by atoms with Crippen LogP contribution in [0.4, 0.5) is 9.18 Å². The van der Waals surface area contributed by atoms with Gasteiger partial charge in [-0.1, -0.05) is 19.9 Å². The number of halogens is 1. The van der Waals surface area contributed by atoms with Crippen LogP contribution in [0.1, 0.15) is 25.0 Å². The van der Waals surface area contributed by atoms with E-state index in [0.717, 1.165) is 11.1 Å². The Morgan fingerprint density at radius 3 is 2.69 bits per heavy atom. The van der Waals surface area contributed by atoms with Gasteiger partial charge in [0.25, 0.3) is 0 Å². The molecule has 0 saturated carbocycles. The highest BCUT2D eigenvalue weighted by atomic mass is 19.1. The highest BCUT2D eigenvalue weighted by Gasteiger charge is 2.25. The Labute approximate surface area is 93.9 Å². The summed E-state index contributed by atoms with van der Waals surface area (Å²) in [6.07, 6.45) is -1.32. The molecule has 3 nitrogen and oxygen atoms in total. The zero-order valence-corrected chi connectivity index (χ0v) is 9.58. The average Bonchev–Trinajstić information content (AvgIpc) is 2.19. The minimum absolute atomic E-state index is 0.00657. The van der Waals surface area contributed by atoms with E-state index in [9.17, 15) is 9.18 Å².